The van der Waals surface area contributed by atoms with E-state index >= 15 is 0 Å². The van der Waals surface area contributed by atoms with E-state index in [0.717, 1.165) is 25.9 Å². The molecular weight excluding hydrogens is 340 g/mol. The number of aromatic nitrogens is 2. The Kier molecular flexibility index (Phi) is 5.67. The van der Waals surface area contributed by atoms with Crippen LogP contribution in [0.4, 0.5) is 0 Å². The second-order valence-corrected chi connectivity index (χ2v) is 6.11. The number of carbonyl (C=O) groups is 1. The normalized spacial score (nSPS) is 17.4. The molecule has 3 rings (SSSR count). The number of aryl methyl sites for hydroxylation is 1. The van der Waals surface area contributed by atoms with Gasteiger partial charge in [-0.05, 0) is 32.9 Å². The van der Waals surface area contributed by atoms with E-state index in [1.165, 1.54) is 12.3 Å². The number of amides is 1. The SMILES string of the molecule is CCN1CCC[C@@H]1CNC(=O)c1nc(COc2c(C)occc2=O)no1. The Hall–Kier alpha value is -2.68. The summed E-state index contributed by atoms with van der Waals surface area (Å²) in [5, 5.41) is 6.54. The van der Waals surface area contributed by atoms with E-state index in [0.29, 0.717) is 18.3 Å². The molecule has 1 atom stereocenters. The summed E-state index contributed by atoms with van der Waals surface area (Å²) in [7, 11) is 0. The van der Waals surface area contributed by atoms with Gasteiger partial charge in [0.25, 0.3) is 0 Å². The second-order valence-electron chi connectivity index (χ2n) is 6.11. The molecule has 0 spiro atoms. The van der Waals surface area contributed by atoms with Crippen molar-refractivity contribution in [3.63, 3.8) is 0 Å². The average molecular weight is 362 g/mol. The van der Waals surface area contributed by atoms with E-state index in [2.05, 4.69) is 27.3 Å². The second kappa shape index (κ2) is 8.13. The Bertz CT molecular complexity index is 815. The minimum Gasteiger partial charge on any atom is -0.478 e. The van der Waals surface area contributed by atoms with E-state index in [1.807, 2.05) is 0 Å². The molecule has 1 N–H and O–H groups in total. The third kappa shape index (κ3) is 4.10. The van der Waals surface area contributed by atoms with Crippen LogP contribution in [0.3, 0.4) is 0 Å². The third-order valence-corrected chi connectivity index (χ3v) is 4.42. The van der Waals surface area contributed by atoms with Gasteiger partial charge < -0.3 is 19.0 Å². The molecule has 0 radical (unpaired) electrons. The van der Waals surface area contributed by atoms with Gasteiger partial charge in [0.2, 0.25) is 17.0 Å². The van der Waals surface area contributed by atoms with Crippen LogP contribution in [0.25, 0.3) is 0 Å². The van der Waals surface area contributed by atoms with Gasteiger partial charge in [0.05, 0.1) is 6.26 Å². The molecule has 0 unspecified atom stereocenters. The van der Waals surface area contributed by atoms with Crippen molar-refractivity contribution in [2.45, 2.75) is 39.3 Å². The lowest BCUT2D eigenvalue weighted by Gasteiger charge is -2.22. The van der Waals surface area contributed by atoms with Crippen LogP contribution in [0.15, 0.2) is 26.1 Å². The molecular formula is C17H22N4O5. The molecule has 2 aromatic rings. The van der Waals surface area contributed by atoms with Crippen LogP contribution in [0.2, 0.25) is 0 Å². The third-order valence-electron chi connectivity index (χ3n) is 4.42. The molecule has 9 nitrogen and oxygen atoms in total. The van der Waals surface area contributed by atoms with E-state index < -0.39 is 5.91 Å². The van der Waals surface area contributed by atoms with E-state index in [9.17, 15) is 9.59 Å². The van der Waals surface area contributed by atoms with Crippen molar-refractivity contribution in [1.29, 1.82) is 0 Å². The van der Waals surface area contributed by atoms with Gasteiger partial charge in [-0.25, -0.2) is 0 Å². The van der Waals surface area contributed by atoms with Gasteiger partial charge >= 0.3 is 11.8 Å². The van der Waals surface area contributed by atoms with Crippen LogP contribution in [-0.4, -0.2) is 46.6 Å². The fourth-order valence-corrected chi connectivity index (χ4v) is 3.04. The molecule has 9 heteroatoms. The number of nitrogens with one attached hydrogen (secondary N) is 1. The summed E-state index contributed by atoms with van der Waals surface area (Å²) in [5.41, 5.74) is -0.299. The minimum absolute atomic E-state index is 0.0872. The lowest BCUT2D eigenvalue weighted by molar-refractivity contribution is 0.0897. The monoisotopic (exact) mass is 362 g/mol. The predicted molar refractivity (Wildman–Crippen MR) is 90.9 cm³/mol. The Morgan fingerprint density at radius 3 is 3.12 bits per heavy atom. The van der Waals surface area contributed by atoms with Gasteiger partial charge in [0.1, 0.15) is 5.76 Å². The molecule has 0 bridgehead atoms. The summed E-state index contributed by atoms with van der Waals surface area (Å²) >= 11 is 0. The van der Waals surface area contributed by atoms with E-state index in [1.54, 1.807) is 6.92 Å². The maximum absolute atomic E-state index is 12.2. The molecule has 1 amide bonds. The molecule has 140 valence electrons. The molecule has 26 heavy (non-hydrogen) atoms. The first-order chi connectivity index (χ1) is 12.6. The number of likely N-dealkylation sites (N-methyl/N-ethyl adjacent to an activating group) is 1. The molecule has 2 aromatic heterocycles. The molecule has 1 aliphatic heterocycles. The van der Waals surface area contributed by atoms with Crippen LogP contribution < -0.4 is 15.5 Å². The van der Waals surface area contributed by atoms with Crippen molar-refractivity contribution in [2.75, 3.05) is 19.6 Å². The largest absolute Gasteiger partial charge is 0.478 e. The standard InChI is InChI=1S/C17H22N4O5/c1-3-21-7-4-5-12(21)9-18-16(23)17-19-14(20-26-17)10-25-15-11(2)24-8-6-13(15)22/h6,8,12H,3-5,7,9-10H2,1-2H3,(H,18,23)/t12-/m1/s1. The number of ether oxygens (including phenoxy) is 1. The van der Waals surface area contributed by atoms with Crippen molar-refractivity contribution in [2.24, 2.45) is 0 Å². The first-order valence-electron chi connectivity index (χ1n) is 8.64. The molecule has 1 saturated heterocycles. The maximum atomic E-state index is 12.2. The topological polar surface area (TPSA) is 111 Å². The highest BCUT2D eigenvalue weighted by Gasteiger charge is 2.24. The first-order valence-corrected chi connectivity index (χ1v) is 8.64. The molecule has 1 aliphatic rings. The summed E-state index contributed by atoms with van der Waals surface area (Å²) in [4.78, 5) is 30.2. The van der Waals surface area contributed by atoms with Crippen molar-refractivity contribution in [3.8, 4) is 5.75 Å². The lowest BCUT2D eigenvalue weighted by atomic mass is 10.2. The quantitative estimate of drug-likeness (QED) is 0.780. The van der Waals surface area contributed by atoms with Gasteiger partial charge in [0, 0.05) is 18.7 Å². The van der Waals surface area contributed by atoms with Gasteiger partial charge in [-0.3, -0.25) is 14.5 Å². The minimum atomic E-state index is -0.415. The number of nitrogens with zero attached hydrogens (tertiary/aromatic N) is 3. The number of hydrogen-bond donors (Lipinski definition) is 1. The summed E-state index contributed by atoms with van der Waals surface area (Å²) in [6.45, 7) is 6.21. The Balaban J connectivity index is 1.54. The number of hydrogen-bond acceptors (Lipinski definition) is 8. The average Bonchev–Trinajstić information content (AvgIpc) is 3.28. The van der Waals surface area contributed by atoms with Crippen molar-refractivity contribution in [1.82, 2.24) is 20.4 Å². The molecule has 0 aliphatic carbocycles. The maximum Gasteiger partial charge on any atom is 0.316 e. The van der Waals surface area contributed by atoms with E-state index in [-0.39, 0.29) is 29.5 Å². The van der Waals surface area contributed by atoms with Gasteiger partial charge in [-0.15, -0.1) is 0 Å². The number of rotatable bonds is 7. The zero-order chi connectivity index (χ0) is 18.5. The summed E-state index contributed by atoms with van der Waals surface area (Å²) in [6, 6.07) is 1.61. The zero-order valence-electron chi connectivity index (χ0n) is 14.9. The zero-order valence-corrected chi connectivity index (χ0v) is 14.9. The lowest BCUT2D eigenvalue weighted by Crippen LogP contribution is -2.40. The van der Waals surface area contributed by atoms with Gasteiger partial charge in [-0.2, -0.15) is 4.98 Å². The Morgan fingerprint density at radius 2 is 2.35 bits per heavy atom. The van der Waals surface area contributed by atoms with Crippen LogP contribution in [-0.2, 0) is 6.61 Å². The highest BCUT2D eigenvalue weighted by molar-refractivity contribution is 5.89. The number of likely N-dealkylation sites (tertiary alicyclic amines) is 1. The van der Waals surface area contributed by atoms with Crippen LogP contribution >= 0.6 is 0 Å². The Labute approximate surface area is 150 Å². The summed E-state index contributed by atoms with van der Waals surface area (Å²) < 4.78 is 15.5. The predicted octanol–water partition coefficient (Wildman–Crippen LogP) is 1.12. The highest BCUT2D eigenvalue weighted by atomic mass is 16.5. The first kappa shape index (κ1) is 18.1. The summed E-state index contributed by atoms with van der Waals surface area (Å²) in [5.74, 6) is 0.0811. The van der Waals surface area contributed by atoms with Gasteiger partial charge in [-0.1, -0.05) is 12.1 Å². The van der Waals surface area contributed by atoms with Crippen molar-refractivity contribution in [3.05, 3.63) is 40.0 Å². The fourth-order valence-electron chi connectivity index (χ4n) is 3.04. The van der Waals surface area contributed by atoms with Crippen molar-refractivity contribution >= 4 is 5.91 Å². The van der Waals surface area contributed by atoms with Crippen LogP contribution in [0, 0.1) is 6.92 Å². The van der Waals surface area contributed by atoms with Crippen LogP contribution in [0.5, 0.6) is 5.75 Å². The van der Waals surface area contributed by atoms with E-state index in [4.69, 9.17) is 13.7 Å². The fraction of sp³-hybridized carbons (Fsp3) is 0.529. The van der Waals surface area contributed by atoms with Gasteiger partial charge in [0.15, 0.2) is 6.61 Å². The highest BCUT2D eigenvalue weighted by Crippen LogP contribution is 2.16. The smallest absolute Gasteiger partial charge is 0.316 e. The summed E-state index contributed by atoms with van der Waals surface area (Å²) in [6.07, 6.45) is 3.50. The molecule has 3 heterocycles. The Morgan fingerprint density at radius 1 is 1.50 bits per heavy atom. The van der Waals surface area contributed by atoms with Crippen molar-refractivity contribution < 1.29 is 18.5 Å². The molecule has 1 fully saturated rings. The van der Waals surface area contributed by atoms with Crippen LogP contribution in [0.1, 0.15) is 42.0 Å². The number of carbonyl (C=O) groups excluding carboxylic acids is 1. The molecule has 0 aromatic carbocycles. The molecule has 0 saturated carbocycles.